The predicted octanol–water partition coefficient (Wildman–Crippen LogP) is 2.83. The highest BCUT2D eigenvalue weighted by atomic mass is 127. The van der Waals surface area contributed by atoms with Gasteiger partial charge < -0.3 is 10.6 Å². The van der Waals surface area contributed by atoms with Crippen LogP contribution in [0, 0.1) is 5.82 Å². The molecule has 0 spiro atoms. The first-order valence-corrected chi connectivity index (χ1v) is 6.14. The molecule has 0 bridgehead atoms. The lowest BCUT2D eigenvalue weighted by Gasteiger charge is -2.16. The largest absolute Gasteiger partial charge is 0.353 e. The van der Waals surface area contributed by atoms with Crippen molar-refractivity contribution in [3.8, 4) is 0 Å². The summed E-state index contributed by atoms with van der Waals surface area (Å²) in [7, 11) is 1.74. The Morgan fingerprint density at radius 2 is 2.11 bits per heavy atom. The van der Waals surface area contributed by atoms with E-state index in [9.17, 15) is 4.39 Å². The third kappa shape index (κ3) is 5.18. The van der Waals surface area contributed by atoms with Gasteiger partial charge in [-0.05, 0) is 30.5 Å². The van der Waals surface area contributed by atoms with Gasteiger partial charge in [0.25, 0.3) is 0 Å². The highest BCUT2D eigenvalue weighted by Gasteiger charge is 2.11. The monoisotopic (exact) mass is 375 g/mol. The lowest BCUT2D eigenvalue weighted by molar-refractivity contribution is 0.621. The molecule has 0 heterocycles. The Bertz CT molecular complexity index is 452. The van der Waals surface area contributed by atoms with E-state index in [2.05, 4.69) is 27.8 Å². The van der Waals surface area contributed by atoms with Crippen LogP contribution in [0.4, 0.5) is 4.39 Å². The van der Waals surface area contributed by atoms with Crippen LogP contribution in [0.25, 0.3) is 0 Å². The standard InChI is InChI=1S/C14H18FN3.HI/c1-16-14(18-13-7-2-3-8-13)17-10-11-5-4-6-12(15)9-11;/h2-6,9,13H,7-8,10H2,1H3,(H2,16,17,18);1H. The van der Waals surface area contributed by atoms with Gasteiger partial charge in [-0.25, -0.2) is 4.39 Å². The second-order valence-corrected chi connectivity index (χ2v) is 4.34. The summed E-state index contributed by atoms with van der Waals surface area (Å²) in [6.45, 7) is 0.567. The molecule has 2 N–H and O–H groups in total. The van der Waals surface area contributed by atoms with Crippen molar-refractivity contribution in [1.29, 1.82) is 0 Å². The van der Waals surface area contributed by atoms with Crippen LogP contribution in [-0.2, 0) is 6.54 Å². The minimum atomic E-state index is -0.211. The van der Waals surface area contributed by atoms with E-state index in [0.717, 1.165) is 24.4 Å². The maximum Gasteiger partial charge on any atom is 0.191 e. The van der Waals surface area contributed by atoms with Crippen LogP contribution in [-0.4, -0.2) is 19.0 Å². The molecule has 0 unspecified atom stereocenters. The number of hydrogen-bond acceptors (Lipinski definition) is 1. The quantitative estimate of drug-likeness (QED) is 0.369. The number of benzene rings is 1. The van der Waals surface area contributed by atoms with Gasteiger partial charge in [0.15, 0.2) is 5.96 Å². The van der Waals surface area contributed by atoms with Crippen LogP contribution in [0.2, 0.25) is 0 Å². The van der Waals surface area contributed by atoms with E-state index in [1.807, 2.05) is 6.07 Å². The molecular formula is C14H19FIN3. The summed E-state index contributed by atoms with van der Waals surface area (Å²) in [6, 6.07) is 6.99. The van der Waals surface area contributed by atoms with Gasteiger partial charge in [0, 0.05) is 19.6 Å². The minimum absolute atomic E-state index is 0. The van der Waals surface area contributed by atoms with E-state index < -0.39 is 0 Å². The number of hydrogen-bond donors (Lipinski definition) is 2. The second kappa shape index (κ2) is 8.14. The summed E-state index contributed by atoms with van der Waals surface area (Å²) >= 11 is 0. The van der Waals surface area contributed by atoms with Gasteiger partial charge in [0.2, 0.25) is 0 Å². The summed E-state index contributed by atoms with van der Waals surface area (Å²) in [6.07, 6.45) is 6.39. The van der Waals surface area contributed by atoms with Gasteiger partial charge in [-0.1, -0.05) is 24.3 Å². The van der Waals surface area contributed by atoms with Crippen molar-refractivity contribution in [3.63, 3.8) is 0 Å². The summed E-state index contributed by atoms with van der Waals surface area (Å²) in [4.78, 5) is 4.16. The Kier molecular flexibility index (Phi) is 6.83. The average molecular weight is 375 g/mol. The summed E-state index contributed by atoms with van der Waals surface area (Å²) in [5, 5.41) is 6.52. The molecule has 2 rings (SSSR count). The van der Waals surface area contributed by atoms with Gasteiger partial charge in [-0.15, -0.1) is 24.0 Å². The molecule has 1 aromatic carbocycles. The Hall–Kier alpha value is -1.11. The minimum Gasteiger partial charge on any atom is -0.353 e. The molecule has 0 fully saturated rings. The zero-order chi connectivity index (χ0) is 12.8. The first-order chi connectivity index (χ1) is 8.78. The van der Waals surface area contributed by atoms with Crippen LogP contribution in [0.15, 0.2) is 41.4 Å². The van der Waals surface area contributed by atoms with Crippen molar-refractivity contribution in [2.45, 2.75) is 25.4 Å². The van der Waals surface area contributed by atoms with Crippen molar-refractivity contribution >= 4 is 29.9 Å². The molecule has 1 aliphatic carbocycles. The number of nitrogens with one attached hydrogen (secondary N) is 2. The molecule has 19 heavy (non-hydrogen) atoms. The average Bonchev–Trinajstić information content (AvgIpc) is 2.87. The number of guanidine groups is 1. The van der Waals surface area contributed by atoms with Crippen LogP contribution < -0.4 is 10.6 Å². The molecule has 0 aliphatic heterocycles. The van der Waals surface area contributed by atoms with Gasteiger partial charge in [-0.2, -0.15) is 0 Å². The molecule has 0 saturated carbocycles. The molecule has 104 valence electrons. The Morgan fingerprint density at radius 1 is 1.37 bits per heavy atom. The first-order valence-electron chi connectivity index (χ1n) is 6.14. The zero-order valence-corrected chi connectivity index (χ0v) is 13.2. The number of nitrogens with zero attached hydrogens (tertiary/aromatic N) is 1. The Balaban J connectivity index is 0.00000180. The fourth-order valence-electron chi connectivity index (χ4n) is 1.96. The third-order valence-corrected chi connectivity index (χ3v) is 2.92. The molecule has 0 radical (unpaired) electrons. The topological polar surface area (TPSA) is 36.4 Å². The lowest BCUT2D eigenvalue weighted by Crippen LogP contribution is -2.42. The molecule has 5 heteroatoms. The normalized spacial score (nSPS) is 15.2. The van der Waals surface area contributed by atoms with Crippen LogP contribution in [0.1, 0.15) is 18.4 Å². The summed E-state index contributed by atoms with van der Waals surface area (Å²) < 4.78 is 13.0. The molecule has 0 saturated heterocycles. The van der Waals surface area contributed by atoms with Crippen LogP contribution in [0.3, 0.4) is 0 Å². The molecule has 0 aromatic heterocycles. The van der Waals surface area contributed by atoms with Crippen molar-refractivity contribution < 1.29 is 4.39 Å². The summed E-state index contributed by atoms with van der Waals surface area (Å²) in [5.74, 6) is 0.546. The van der Waals surface area contributed by atoms with Gasteiger partial charge >= 0.3 is 0 Å². The molecule has 0 atom stereocenters. The maximum atomic E-state index is 13.0. The van der Waals surface area contributed by atoms with Crippen molar-refractivity contribution in [2.75, 3.05) is 7.05 Å². The van der Waals surface area contributed by atoms with E-state index in [4.69, 9.17) is 0 Å². The van der Waals surface area contributed by atoms with Crippen LogP contribution >= 0.6 is 24.0 Å². The van der Waals surface area contributed by atoms with Gasteiger partial charge in [-0.3, -0.25) is 4.99 Å². The fourth-order valence-corrected chi connectivity index (χ4v) is 1.96. The smallest absolute Gasteiger partial charge is 0.191 e. The Labute approximate surface area is 130 Å². The highest BCUT2D eigenvalue weighted by molar-refractivity contribution is 14.0. The molecule has 3 nitrogen and oxygen atoms in total. The number of aliphatic imine (C=N–C) groups is 1. The lowest BCUT2D eigenvalue weighted by atomic mass is 10.2. The Morgan fingerprint density at radius 3 is 2.74 bits per heavy atom. The van der Waals surface area contributed by atoms with Crippen LogP contribution in [0.5, 0.6) is 0 Å². The third-order valence-electron chi connectivity index (χ3n) is 2.92. The van der Waals surface area contributed by atoms with E-state index in [-0.39, 0.29) is 29.8 Å². The van der Waals surface area contributed by atoms with Gasteiger partial charge in [0.05, 0.1) is 0 Å². The van der Waals surface area contributed by atoms with E-state index in [1.54, 1.807) is 13.1 Å². The van der Waals surface area contributed by atoms with E-state index >= 15 is 0 Å². The highest BCUT2D eigenvalue weighted by Crippen LogP contribution is 2.08. The summed E-state index contributed by atoms with van der Waals surface area (Å²) in [5.41, 5.74) is 0.905. The number of halogens is 2. The predicted molar refractivity (Wildman–Crippen MR) is 87.3 cm³/mol. The molecule has 1 aliphatic rings. The second-order valence-electron chi connectivity index (χ2n) is 4.34. The molecule has 0 amide bonds. The fraction of sp³-hybridized carbons (Fsp3) is 0.357. The van der Waals surface area contributed by atoms with Gasteiger partial charge in [0.1, 0.15) is 5.82 Å². The number of rotatable bonds is 3. The van der Waals surface area contributed by atoms with E-state index in [0.29, 0.717) is 12.6 Å². The maximum absolute atomic E-state index is 13.0. The van der Waals surface area contributed by atoms with Crippen molar-refractivity contribution in [1.82, 2.24) is 10.6 Å². The molecule has 1 aromatic rings. The van der Waals surface area contributed by atoms with E-state index in [1.165, 1.54) is 12.1 Å². The SMILES string of the molecule is CN=C(NCc1cccc(F)c1)NC1CC=CC1.I. The molecular weight excluding hydrogens is 356 g/mol. The van der Waals surface area contributed by atoms with Crippen molar-refractivity contribution in [3.05, 3.63) is 47.8 Å². The zero-order valence-electron chi connectivity index (χ0n) is 10.9. The van der Waals surface area contributed by atoms with Crippen molar-refractivity contribution in [2.24, 2.45) is 4.99 Å². The first kappa shape index (κ1) is 15.9.